The van der Waals surface area contributed by atoms with Crippen LogP contribution in [0.15, 0.2) is 78.5 Å². The molecule has 2 N–H and O–H groups in total. The van der Waals surface area contributed by atoms with Crippen LogP contribution in [-0.2, 0) is 11.3 Å². The zero-order valence-corrected chi connectivity index (χ0v) is 19.7. The normalized spacial score (nSPS) is 12.4. The van der Waals surface area contributed by atoms with Gasteiger partial charge in [-0.25, -0.2) is 0 Å². The van der Waals surface area contributed by atoms with Crippen molar-refractivity contribution in [3.05, 3.63) is 95.2 Å². The molecule has 7 heteroatoms. The highest BCUT2D eigenvalue weighted by atomic mass is 16.7. The van der Waals surface area contributed by atoms with E-state index in [9.17, 15) is 9.59 Å². The van der Waals surface area contributed by atoms with Gasteiger partial charge in [0.2, 0.25) is 6.79 Å². The van der Waals surface area contributed by atoms with E-state index in [1.165, 1.54) is 0 Å². The van der Waals surface area contributed by atoms with Crippen LogP contribution in [0.3, 0.4) is 0 Å². The average Bonchev–Trinajstić information content (AvgIpc) is 3.34. The van der Waals surface area contributed by atoms with Crippen LogP contribution in [0.25, 0.3) is 6.08 Å². The van der Waals surface area contributed by atoms with E-state index >= 15 is 0 Å². The molecule has 0 spiro atoms. The van der Waals surface area contributed by atoms with Gasteiger partial charge in [-0.2, -0.15) is 0 Å². The van der Waals surface area contributed by atoms with Crippen molar-refractivity contribution >= 4 is 17.9 Å². The molecular weight excluding hydrogens is 444 g/mol. The molecule has 0 aliphatic carbocycles. The van der Waals surface area contributed by atoms with Crippen molar-refractivity contribution in [2.75, 3.05) is 13.4 Å². The third kappa shape index (κ3) is 6.63. The Morgan fingerprint density at radius 1 is 0.971 bits per heavy atom. The molecule has 1 heterocycles. The number of benzene rings is 3. The molecule has 0 fully saturated rings. The molecule has 4 rings (SSSR count). The van der Waals surface area contributed by atoms with Crippen LogP contribution < -0.4 is 24.8 Å². The first-order valence-corrected chi connectivity index (χ1v) is 11.5. The van der Waals surface area contributed by atoms with Crippen molar-refractivity contribution in [2.24, 2.45) is 5.92 Å². The number of nitrogens with one attached hydrogen (secondary N) is 2. The van der Waals surface area contributed by atoms with Gasteiger partial charge in [0.05, 0.1) is 6.61 Å². The first kappa shape index (κ1) is 23.9. The van der Waals surface area contributed by atoms with E-state index in [-0.39, 0.29) is 12.5 Å². The second-order valence-electron chi connectivity index (χ2n) is 8.52. The molecule has 0 unspecified atom stereocenters. The summed E-state index contributed by atoms with van der Waals surface area (Å²) in [6.45, 7) is 5.21. The molecule has 0 bridgehead atoms. The lowest BCUT2D eigenvalue weighted by molar-refractivity contribution is -0.117. The fourth-order valence-electron chi connectivity index (χ4n) is 3.36. The van der Waals surface area contributed by atoms with Crippen LogP contribution in [0.5, 0.6) is 17.2 Å². The Kier molecular flexibility index (Phi) is 7.67. The minimum atomic E-state index is -0.406. The highest BCUT2D eigenvalue weighted by molar-refractivity contribution is 6.05. The minimum absolute atomic E-state index is 0.116. The Morgan fingerprint density at radius 3 is 2.46 bits per heavy atom. The van der Waals surface area contributed by atoms with Crippen LogP contribution in [0.1, 0.15) is 35.3 Å². The van der Waals surface area contributed by atoms with Crippen molar-refractivity contribution in [1.82, 2.24) is 10.6 Å². The molecule has 3 aromatic rings. The molecule has 0 aromatic heterocycles. The number of hydrogen-bond acceptors (Lipinski definition) is 5. The summed E-state index contributed by atoms with van der Waals surface area (Å²) < 4.78 is 16.5. The van der Waals surface area contributed by atoms with Gasteiger partial charge in [0.1, 0.15) is 11.4 Å². The lowest BCUT2D eigenvalue weighted by Crippen LogP contribution is -2.34. The lowest BCUT2D eigenvalue weighted by atomic mass is 10.1. The highest BCUT2D eigenvalue weighted by Crippen LogP contribution is 2.33. The van der Waals surface area contributed by atoms with E-state index in [0.29, 0.717) is 47.4 Å². The fourth-order valence-corrected chi connectivity index (χ4v) is 3.36. The predicted molar refractivity (Wildman–Crippen MR) is 133 cm³/mol. The highest BCUT2D eigenvalue weighted by Gasteiger charge is 2.17. The minimum Gasteiger partial charge on any atom is -0.493 e. The number of ether oxygens (including phenoxy) is 3. The van der Waals surface area contributed by atoms with Crippen molar-refractivity contribution in [3.8, 4) is 17.2 Å². The summed E-state index contributed by atoms with van der Waals surface area (Å²) >= 11 is 0. The summed E-state index contributed by atoms with van der Waals surface area (Å²) in [5.41, 5.74) is 2.17. The molecule has 2 amide bonds. The number of fused-ring (bicyclic) bond motifs is 1. The van der Waals surface area contributed by atoms with Gasteiger partial charge >= 0.3 is 0 Å². The molecule has 0 saturated heterocycles. The number of amides is 2. The second kappa shape index (κ2) is 11.2. The van der Waals surface area contributed by atoms with E-state index in [1.54, 1.807) is 48.5 Å². The van der Waals surface area contributed by atoms with Crippen molar-refractivity contribution in [2.45, 2.75) is 20.4 Å². The summed E-state index contributed by atoms with van der Waals surface area (Å²) in [4.78, 5) is 26.0. The topological polar surface area (TPSA) is 85.9 Å². The molecule has 180 valence electrons. The van der Waals surface area contributed by atoms with Crippen molar-refractivity contribution in [1.29, 1.82) is 0 Å². The largest absolute Gasteiger partial charge is 0.493 e. The average molecular weight is 473 g/mol. The van der Waals surface area contributed by atoms with E-state index in [0.717, 1.165) is 5.56 Å². The van der Waals surface area contributed by atoms with Gasteiger partial charge in [-0.3, -0.25) is 9.59 Å². The first-order chi connectivity index (χ1) is 17.0. The maximum Gasteiger partial charge on any atom is 0.268 e. The molecule has 0 saturated carbocycles. The monoisotopic (exact) mass is 472 g/mol. The van der Waals surface area contributed by atoms with E-state index in [4.69, 9.17) is 14.2 Å². The smallest absolute Gasteiger partial charge is 0.268 e. The zero-order chi connectivity index (χ0) is 24.6. The fraction of sp³-hybridized carbons (Fsp3) is 0.214. The number of carbonyl (C=O) groups excluding carboxylic acids is 2. The summed E-state index contributed by atoms with van der Waals surface area (Å²) in [6, 6.07) is 21.7. The Morgan fingerprint density at radius 2 is 1.71 bits per heavy atom. The van der Waals surface area contributed by atoms with Crippen LogP contribution in [0.2, 0.25) is 0 Å². The molecule has 0 atom stereocenters. The van der Waals surface area contributed by atoms with E-state index in [2.05, 4.69) is 24.5 Å². The van der Waals surface area contributed by atoms with Crippen molar-refractivity contribution < 1.29 is 23.8 Å². The van der Waals surface area contributed by atoms with Gasteiger partial charge in [0.25, 0.3) is 11.8 Å². The van der Waals surface area contributed by atoms with Crippen molar-refractivity contribution in [3.63, 3.8) is 0 Å². The molecule has 3 aromatic carbocycles. The summed E-state index contributed by atoms with van der Waals surface area (Å²) in [7, 11) is 0. The standard InChI is InChI=1S/C28H28N2O5/c1-19(2)17-33-23-11-9-22(10-12-23)27(31)30-24(28(32)29-16-20-6-4-3-5-7-20)14-21-8-13-25-26(15-21)35-18-34-25/h3-15,19H,16-18H2,1-2H3,(H,29,32)(H,30,31). The lowest BCUT2D eigenvalue weighted by Gasteiger charge is -2.12. The molecule has 1 aliphatic heterocycles. The third-order valence-electron chi connectivity index (χ3n) is 5.20. The van der Waals surface area contributed by atoms with Gasteiger partial charge in [0.15, 0.2) is 11.5 Å². The summed E-state index contributed by atoms with van der Waals surface area (Å²) in [5, 5.41) is 5.62. The maximum atomic E-state index is 13.1. The summed E-state index contributed by atoms with van der Waals surface area (Å²) in [5.74, 6) is 1.51. The predicted octanol–water partition coefficient (Wildman–Crippen LogP) is 4.54. The molecular formula is C28H28N2O5. The molecule has 0 radical (unpaired) electrons. The van der Waals surface area contributed by atoms with Gasteiger partial charge in [0, 0.05) is 12.1 Å². The van der Waals surface area contributed by atoms with E-state index < -0.39 is 11.8 Å². The number of hydrogen-bond donors (Lipinski definition) is 2. The Balaban J connectivity index is 1.51. The van der Waals surface area contributed by atoms with Crippen LogP contribution in [-0.4, -0.2) is 25.2 Å². The van der Waals surface area contributed by atoms with Gasteiger partial charge in [-0.15, -0.1) is 0 Å². The van der Waals surface area contributed by atoms with Crippen LogP contribution in [0.4, 0.5) is 0 Å². The Bertz CT molecular complexity index is 1200. The zero-order valence-electron chi connectivity index (χ0n) is 19.7. The van der Waals surface area contributed by atoms with Crippen LogP contribution >= 0.6 is 0 Å². The van der Waals surface area contributed by atoms with Gasteiger partial charge < -0.3 is 24.8 Å². The molecule has 1 aliphatic rings. The molecule has 7 nitrogen and oxygen atoms in total. The summed E-state index contributed by atoms with van der Waals surface area (Å²) in [6.07, 6.45) is 1.61. The van der Waals surface area contributed by atoms with E-state index in [1.807, 2.05) is 30.3 Å². The Hall–Kier alpha value is -4.26. The van der Waals surface area contributed by atoms with Gasteiger partial charge in [-0.05, 0) is 59.5 Å². The number of rotatable bonds is 9. The van der Waals surface area contributed by atoms with Crippen LogP contribution in [0, 0.1) is 5.92 Å². The second-order valence-corrected chi connectivity index (χ2v) is 8.52. The Labute approximate surface area is 204 Å². The SMILES string of the molecule is CC(C)COc1ccc(C(=O)NC(=Cc2ccc3c(c2)OCO3)C(=O)NCc2ccccc2)cc1. The third-order valence-corrected chi connectivity index (χ3v) is 5.20. The molecule has 35 heavy (non-hydrogen) atoms. The quantitative estimate of drug-likeness (QED) is 0.447. The first-order valence-electron chi connectivity index (χ1n) is 11.5. The maximum absolute atomic E-state index is 13.1. The number of carbonyl (C=O) groups is 2. The van der Waals surface area contributed by atoms with Gasteiger partial charge in [-0.1, -0.05) is 50.2 Å².